The summed E-state index contributed by atoms with van der Waals surface area (Å²) in [4.78, 5) is 2.50. The first-order valence-corrected chi connectivity index (χ1v) is 23.8. The van der Waals surface area contributed by atoms with Gasteiger partial charge in [-0.05, 0) is 108 Å². The minimum atomic E-state index is -0.592. The summed E-state index contributed by atoms with van der Waals surface area (Å²) < 4.78 is 6.97. The van der Waals surface area contributed by atoms with Crippen molar-refractivity contribution in [3.8, 4) is 56.0 Å². The van der Waals surface area contributed by atoms with Crippen LogP contribution in [-0.2, 0) is 10.8 Å². The molecule has 0 aromatic heterocycles. The highest BCUT2D eigenvalue weighted by Gasteiger charge is 2.51. The molecule has 11 aromatic carbocycles. The van der Waals surface area contributed by atoms with Crippen LogP contribution >= 0.6 is 0 Å². The van der Waals surface area contributed by atoms with Gasteiger partial charge in [0.05, 0.1) is 16.8 Å². The van der Waals surface area contributed by atoms with Gasteiger partial charge in [-0.25, -0.2) is 0 Å². The van der Waals surface area contributed by atoms with Gasteiger partial charge in [-0.2, -0.15) is 0 Å². The molecule has 0 saturated carbocycles. The second-order valence-electron chi connectivity index (χ2n) is 19.1. The van der Waals surface area contributed by atoms with Gasteiger partial charge in [-0.1, -0.05) is 214 Å². The molecule has 1 spiro atoms. The molecule has 3 aliphatic rings. The Bertz CT molecular complexity index is 3880. The molecule has 0 bridgehead atoms. The molecule has 2 nitrogen and oxygen atoms in total. The molecule has 320 valence electrons. The molecule has 1 aliphatic heterocycles. The summed E-state index contributed by atoms with van der Waals surface area (Å²) in [6.45, 7) is 4.74. The van der Waals surface area contributed by atoms with Crippen LogP contribution in [0.2, 0.25) is 0 Å². The fourth-order valence-corrected chi connectivity index (χ4v) is 12.3. The zero-order valence-corrected chi connectivity index (χ0v) is 37.9. The maximum Gasteiger partial charge on any atom is 0.140 e. The predicted molar refractivity (Wildman–Crippen MR) is 282 cm³/mol. The lowest BCUT2D eigenvalue weighted by molar-refractivity contribution is 0.442. The van der Waals surface area contributed by atoms with Gasteiger partial charge in [0.2, 0.25) is 0 Å². The number of para-hydroxylation sites is 2. The standard InChI is InChI=1S/C66H45NO/c1-65(2)55-27-13-10-24-50(55)52-36-34-45(41-59(52)65)67(61-30-16-12-21-47(61)42-18-4-3-5-19-42)62-39-37-46(49-23-8-9-26-54(49)62)44-32-35-53-51-25-11-14-28-56(51)66(60(53)40-44)57-29-15-17-31-63(57)68-64-48-22-7-6-20-43(48)33-38-58(64)66/h3-41H,1-2H3. The van der Waals surface area contributed by atoms with Crippen molar-refractivity contribution >= 4 is 38.6 Å². The molecular weight excluding hydrogens is 823 g/mol. The van der Waals surface area contributed by atoms with Crippen molar-refractivity contribution in [1.82, 2.24) is 0 Å². The minimum Gasteiger partial charge on any atom is -0.456 e. The van der Waals surface area contributed by atoms with Crippen molar-refractivity contribution in [3.63, 3.8) is 0 Å². The average Bonchev–Trinajstić information content (AvgIpc) is 3.81. The maximum atomic E-state index is 6.97. The van der Waals surface area contributed by atoms with Gasteiger partial charge in [-0.15, -0.1) is 0 Å². The Morgan fingerprint density at radius 2 is 0.941 bits per heavy atom. The van der Waals surface area contributed by atoms with Crippen molar-refractivity contribution < 1.29 is 4.74 Å². The fraction of sp³-hybridized carbons (Fsp3) is 0.0606. The Labute approximate surface area is 397 Å². The number of nitrogens with zero attached hydrogens (tertiary/aromatic N) is 1. The largest absolute Gasteiger partial charge is 0.456 e. The molecule has 1 heterocycles. The minimum absolute atomic E-state index is 0.151. The molecule has 0 saturated heterocycles. The summed E-state index contributed by atoms with van der Waals surface area (Å²) in [5.74, 6) is 1.83. The van der Waals surface area contributed by atoms with Gasteiger partial charge in [0.25, 0.3) is 0 Å². The van der Waals surface area contributed by atoms with Crippen LogP contribution in [0, 0.1) is 0 Å². The quantitative estimate of drug-likeness (QED) is 0.171. The van der Waals surface area contributed by atoms with E-state index in [0.717, 1.165) is 33.9 Å². The summed E-state index contributed by atoms with van der Waals surface area (Å²) in [6.07, 6.45) is 0. The highest BCUT2D eigenvalue weighted by Crippen LogP contribution is 2.63. The van der Waals surface area contributed by atoms with E-state index in [2.05, 4.69) is 255 Å². The van der Waals surface area contributed by atoms with Gasteiger partial charge in [0.15, 0.2) is 0 Å². The van der Waals surface area contributed by atoms with Crippen molar-refractivity contribution in [2.45, 2.75) is 24.7 Å². The number of benzene rings is 11. The van der Waals surface area contributed by atoms with Crippen LogP contribution in [0.1, 0.15) is 47.2 Å². The lowest BCUT2D eigenvalue weighted by Gasteiger charge is -2.40. The zero-order valence-electron chi connectivity index (χ0n) is 37.9. The average molecular weight is 868 g/mol. The Balaban J connectivity index is 0.998. The molecule has 0 radical (unpaired) electrons. The first kappa shape index (κ1) is 38.8. The smallest absolute Gasteiger partial charge is 0.140 e. The Morgan fingerprint density at radius 3 is 1.78 bits per heavy atom. The molecule has 1 unspecified atom stereocenters. The molecule has 1 atom stereocenters. The number of ether oxygens (including phenoxy) is 1. The van der Waals surface area contributed by atoms with Crippen molar-refractivity contribution in [2.75, 3.05) is 4.90 Å². The second-order valence-corrected chi connectivity index (χ2v) is 19.1. The number of hydrogen-bond acceptors (Lipinski definition) is 2. The van der Waals surface area contributed by atoms with Crippen LogP contribution in [0.4, 0.5) is 17.1 Å². The predicted octanol–water partition coefficient (Wildman–Crippen LogP) is 17.6. The second kappa shape index (κ2) is 14.5. The maximum absolute atomic E-state index is 6.97. The van der Waals surface area contributed by atoms with E-state index < -0.39 is 5.41 Å². The number of hydrogen-bond donors (Lipinski definition) is 0. The molecule has 2 aliphatic carbocycles. The van der Waals surface area contributed by atoms with Crippen LogP contribution in [-0.4, -0.2) is 0 Å². The van der Waals surface area contributed by atoms with Gasteiger partial charge in [-0.3, -0.25) is 0 Å². The number of rotatable bonds is 5. The third-order valence-electron chi connectivity index (χ3n) is 15.3. The van der Waals surface area contributed by atoms with E-state index in [1.165, 1.54) is 94.0 Å². The van der Waals surface area contributed by atoms with Crippen molar-refractivity contribution in [2.24, 2.45) is 0 Å². The van der Waals surface area contributed by atoms with Gasteiger partial charge >= 0.3 is 0 Å². The summed E-state index contributed by atoms with van der Waals surface area (Å²) >= 11 is 0. The molecule has 11 aromatic rings. The molecule has 14 rings (SSSR count). The van der Waals surface area contributed by atoms with Crippen LogP contribution in [0.15, 0.2) is 237 Å². The normalized spacial score (nSPS) is 15.5. The van der Waals surface area contributed by atoms with E-state index in [1.54, 1.807) is 0 Å². The summed E-state index contributed by atoms with van der Waals surface area (Å²) in [5, 5.41) is 4.67. The Hall–Kier alpha value is -8.46. The lowest BCUT2D eigenvalue weighted by Crippen LogP contribution is -2.32. The summed E-state index contributed by atoms with van der Waals surface area (Å²) in [7, 11) is 0. The Morgan fingerprint density at radius 1 is 0.338 bits per heavy atom. The SMILES string of the molecule is CC1(C)c2ccccc2-c2ccc(N(c3ccccc3-c3ccccc3)c3ccc(-c4ccc5c(c4)C4(c6ccccc6Oc6c4ccc4ccccc64)c4ccccc4-5)c4ccccc34)cc21. The fourth-order valence-electron chi connectivity index (χ4n) is 12.3. The molecule has 68 heavy (non-hydrogen) atoms. The van der Waals surface area contributed by atoms with Crippen molar-refractivity contribution in [1.29, 1.82) is 0 Å². The highest BCUT2D eigenvalue weighted by atomic mass is 16.5. The van der Waals surface area contributed by atoms with Crippen LogP contribution < -0.4 is 9.64 Å². The van der Waals surface area contributed by atoms with E-state index in [4.69, 9.17) is 4.74 Å². The monoisotopic (exact) mass is 867 g/mol. The first-order chi connectivity index (χ1) is 33.5. The van der Waals surface area contributed by atoms with E-state index in [0.29, 0.717) is 0 Å². The van der Waals surface area contributed by atoms with E-state index in [1.807, 2.05) is 0 Å². The molecular formula is C66H45NO. The van der Waals surface area contributed by atoms with E-state index >= 15 is 0 Å². The van der Waals surface area contributed by atoms with E-state index in [-0.39, 0.29) is 5.41 Å². The lowest BCUT2D eigenvalue weighted by atomic mass is 9.65. The molecule has 0 fully saturated rings. The zero-order chi connectivity index (χ0) is 45.1. The van der Waals surface area contributed by atoms with Gasteiger partial charge in [0, 0.05) is 38.6 Å². The van der Waals surface area contributed by atoms with Crippen LogP contribution in [0.5, 0.6) is 11.5 Å². The van der Waals surface area contributed by atoms with Crippen molar-refractivity contribution in [3.05, 3.63) is 270 Å². The van der Waals surface area contributed by atoms with Gasteiger partial charge in [0.1, 0.15) is 11.5 Å². The molecule has 2 heteroatoms. The Kier molecular flexibility index (Phi) is 8.28. The summed E-state index contributed by atoms with van der Waals surface area (Å²) in [5.41, 5.74) is 20.2. The number of anilines is 3. The first-order valence-electron chi connectivity index (χ1n) is 23.8. The topological polar surface area (TPSA) is 12.5 Å². The summed E-state index contributed by atoms with van der Waals surface area (Å²) in [6, 6.07) is 87.5. The molecule has 0 amide bonds. The molecule has 0 N–H and O–H groups in total. The third-order valence-corrected chi connectivity index (χ3v) is 15.3. The highest BCUT2D eigenvalue weighted by molar-refractivity contribution is 6.08. The van der Waals surface area contributed by atoms with Crippen LogP contribution in [0.25, 0.3) is 66.1 Å². The third kappa shape index (κ3) is 5.34. The van der Waals surface area contributed by atoms with E-state index in [9.17, 15) is 0 Å². The number of fused-ring (bicyclic) bond motifs is 15. The van der Waals surface area contributed by atoms with Gasteiger partial charge < -0.3 is 9.64 Å². The van der Waals surface area contributed by atoms with Crippen LogP contribution in [0.3, 0.4) is 0 Å².